The molecule has 152 valence electrons. The first-order chi connectivity index (χ1) is 13.2. The number of carbonyl (C=O) groups excluding carboxylic acids is 3. The molecule has 1 aromatic carbocycles. The summed E-state index contributed by atoms with van der Waals surface area (Å²) in [5.74, 6) is -2.64. The highest BCUT2D eigenvalue weighted by molar-refractivity contribution is 6.09. The third-order valence-electron chi connectivity index (χ3n) is 5.72. The molecule has 0 bridgehead atoms. The van der Waals surface area contributed by atoms with Gasteiger partial charge in [0.1, 0.15) is 5.54 Å². The molecule has 0 radical (unpaired) electrons. The highest BCUT2D eigenvalue weighted by Gasteiger charge is 2.68. The van der Waals surface area contributed by atoms with Crippen molar-refractivity contribution in [3.8, 4) is 11.5 Å². The van der Waals surface area contributed by atoms with Crippen molar-refractivity contribution in [2.45, 2.75) is 31.8 Å². The first-order valence-electron chi connectivity index (χ1n) is 9.22. The monoisotopic (exact) mass is 390 g/mol. The Balaban J connectivity index is 2.15. The zero-order chi connectivity index (χ0) is 20.8. The summed E-state index contributed by atoms with van der Waals surface area (Å²) in [5, 5.41) is 13.4. The average Bonchev–Trinajstić information content (AvgIpc) is 3.10. The Labute approximate surface area is 163 Å². The number of hydrogen-bond acceptors (Lipinski definition) is 7. The number of phenolic OH excluding ortho intramolecular Hbond substituents is 1. The van der Waals surface area contributed by atoms with E-state index in [1.165, 1.54) is 27.3 Å². The van der Waals surface area contributed by atoms with Crippen molar-refractivity contribution in [2.75, 3.05) is 21.3 Å². The molecule has 0 unspecified atom stereocenters. The number of aromatic hydroxyl groups is 1. The molecule has 0 saturated carbocycles. The van der Waals surface area contributed by atoms with E-state index < -0.39 is 35.3 Å². The zero-order valence-corrected chi connectivity index (χ0v) is 16.7. The van der Waals surface area contributed by atoms with Crippen LogP contribution in [0.25, 0.3) is 0 Å². The molecule has 28 heavy (non-hydrogen) atoms. The summed E-state index contributed by atoms with van der Waals surface area (Å²) in [6.45, 7) is 3.89. The van der Waals surface area contributed by atoms with E-state index in [2.05, 4.69) is 5.32 Å². The summed E-state index contributed by atoms with van der Waals surface area (Å²) >= 11 is 0. The topological polar surface area (TPSA) is 105 Å². The lowest BCUT2D eigenvalue weighted by molar-refractivity contribution is -0.154. The number of amides is 2. The molecule has 2 N–H and O–H groups in total. The van der Waals surface area contributed by atoms with E-state index >= 15 is 0 Å². The quantitative estimate of drug-likeness (QED) is 0.575. The fourth-order valence-corrected chi connectivity index (χ4v) is 4.62. The standard InChI is InChI=1S/C20H26N2O6/c1-10(2)9-20(19(26)28-5)15-14(17(24)22(3)18(15)25)16(21-20)11-6-7-13(27-4)12(23)8-11/h6-8,10,14-16,21,23H,9H2,1-5H3/t14-,15-,16-,20-/m0/s1. The Morgan fingerprint density at radius 2 is 1.96 bits per heavy atom. The third kappa shape index (κ3) is 2.83. The van der Waals surface area contributed by atoms with Gasteiger partial charge in [0, 0.05) is 13.1 Å². The first-order valence-corrected chi connectivity index (χ1v) is 9.22. The highest BCUT2D eigenvalue weighted by atomic mass is 16.5. The molecule has 2 heterocycles. The number of ether oxygens (including phenoxy) is 2. The number of carbonyl (C=O) groups is 3. The summed E-state index contributed by atoms with van der Waals surface area (Å²) in [4.78, 5) is 39.8. The van der Waals surface area contributed by atoms with Gasteiger partial charge in [0.05, 0.1) is 26.1 Å². The Morgan fingerprint density at radius 3 is 2.50 bits per heavy atom. The van der Waals surface area contributed by atoms with Crippen LogP contribution in [0.3, 0.4) is 0 Å². The number of hydrogen-bond donors (Lipinski definition) is 2. The summed E-state index contributed by atoms with van der Waals surface area (Å²) in [5.41, 5.74) is -0.718. The Hall–Kier alpha value is -2.61. The molecule has 2 aliphatic heterocycles. The van der Waals surface area contributed by atoms with E-state index in [1.54, 1.807) is 12.1 Å². The van der Waals surface area contributed by atoms with Crippen LogP contribution in [-0.4, -0.2) is 54.6 Å². The van der Waals surface area contributed by atoms with Crippen molar-refractivity contribution in [3.05, 3.63) is 23.8 Å². The molecule has 1 aromatic rings. The maximum atomic E-state index is 12.9. The fourth-order valence-electron chi connectivity index (χ4n) is 4.62. The van der Waals surface area contributed by atoms with Gasteiger partial charge in [-0.05, 0) is 30.0 Å². The minimum absolute atomic E-state index is 0.0732. The summed E-state index contributed by atoms with van der Waals surface area (Å²) < 4.78 is 10.1. The van der Waals surface area contributed by atoms with Crippen molar-refractivity contribution in [3.63, 3.8) is 0 Å². The van der Waals surface area contributed by atoms with Crippen LogP contribution in [0.15, 0.2) is 18.2 Å². The van der Waals surface area contributed by atoms with E-state index in [9.17, 15) is 19.5 Å². The van der Waals surface area contributed by atoms with Gasteiger partial charge in [-0.15, -0.1) is 0 Å². The second-order valence-electron chi connectivity index (χ2n) is 7.85. The van der Waals surface area contributed by atoms with Crippen molar-refractivity contribution in [2.24, 2.45) is 17.8 Å². The molecule has 0 aromatic heterocycles. The van der Waals surface area contributed by atoms with Gasteiger partial charge in [-0.25, -0.2) is 0 Å². The van der Waals surface area contributed by atoms with E-state index in [-0.39, 0.29) is 17.6 Å². The van der Waals surface area contributed by atoms with Gasteiger partial charge in [-0.1, -0.05) is 19.9 Å². The second kappa shape index (κ2) is 7.09. The predicted molar refractivity (Wildman–Crippen MR) is 99.5 cm³/mol. The molecular formula is C20H26N2O6. The molecule has 4 atom stereocenters. The van der Waals surface area contributed by atoms with Crippen molar-refractivity contribution >= 4 is 17.8 Å². The smallest absolute Gasteiger partial charge is 0.326 e. The number of nitrogens with zero attached hydrogens (tertiary/aromatic N) is 1. The molecule has 8 nitrogen and oxygen atoms in total. The molecule has 2 aliphatic rings. The van der Waals surface area contributed by atoms with Crippen molar-refractivity contribution < 1.29 is 29.0 Å². The van der Waals surface area contributed by atoms with E-state index in [1.807, 2.05) is 13.8 Å². The van der Waals surface area contributed by atoms with Crippen LogP contribution in [0.5, 0.6) is 11.5 Å². The van der Waals surface area contributed by atoms with Crippen LogP contribution in [-0.2, 0) is 19.1 Å². The van der Waals surface area contributed by atoms with Gasteiger partial charge in [-0.2, -0.15) is 0 Å². The van der Waals surface area contributed by atoms with E-state index in [0.29, 0.717) is 17.7 Å². The lowest BCUT2D eigenvalue weighted by Crippen LogP contribution is -2.56. The van der Waals surface area contributed by atoms with Crippen LogP contribution >= 0.6 is 0 Å². The minimum Gasteiger partial charge on any atom is -0.504 e. The van der Waals surface area contributed by atoms with Gasteiger partial charge in [0.2, 0.25) is 11.8 Å². The Bertz CT molecular complexity index is 823. The molecule has 2 fully saturated rings. The second-order valence-corrected chi connectivity index (χ2v) is 7.85. The van der Waals surface area contributed by atoms with Crippen LogP contribution in [0.2, 0.25) is 0 Å². The van der Waals surface area contributed by atoms with Gasteiger partial charge in [0.25, 0.3) is 0 Å². The minimum atomic E-state index is -1.31. The Kier molecular flexibility index (Phi) is 5.10. The number of phenols is 1. The van der Waals surface area contributed by atoms with Crippen LogP contribution in [0, 0.1) is 17.8 Å². The van der Waals surface area contributed by atoms with E-state index in [0.717, 1.165) is 4.90 Å². The maximum absolute atomic E-state index is 12.9. The summed E-state index contributed by atoms with van der Waals surface area (Å²) in [7, 11) is 4.15. The molecule has 2 saturated heterocycles. The molecular weight excluding hydrogens is 364 g/mol. The first kappa shape index (κ1) is 20.1. The maximum Gasteiger partial charge on any atom is 0.326 e. The number of rotatable bonds is 5. The van der Waals surface area contributed by atoms with Gasteiger partial charge in [0.15, 0.2) is 11.5 Å². The van der Waals surface area contributed by atoms with Crippen molar-refractivity contribution in [1.82, 2.24) is 10.2 Å². The number of imide groups is 1. The number of methoxy groups -OCH3 is 2. The zero-order valence-electron chi connectivity index (χ0n) is 16.7. The van der Waals surface area contributed by atoms with Crippen LogP contribution in [0.1, 0.15) is 31.9 Å². The fraction of sp³-hybridized carbons (Fsp3) is 0.550. The van der Waals surface area contributed by atoms with Crippen LogP contribution in [0.4, 0.5) is 0 Å². The lowest BCUT2D eigenvalue weighted by Gasteiger charge is -2.33. The van der Waals surface area contributed by atoms with Crippen molar-refractivity contribution in [1.29, 1.82) is 0 Å². The lowest BCUT2D eigenvalue weighted by atomic mass is 9.75. The molecule has 2 amide bonds. The SMILES string of the molecule is COC(=O)[C@@]1(CC(C)C)N[C@@H](c2ccc(OC)c(O)c2)[C@H]2C(=O)N(C)C(=O)[C@H]21. The molecule has 0 aliphatic carbocycles. The summed E-state index contributed by atoms with van der Waals surface area (Å²) in [6.07, 6.45) is 0.340. The predicted octanol–water partition coefficient (Wildman–Crippen LogP) is 1.23. The normalized spacial score (nSPS) is 29.4. The van der Waals surface area contributed by atoms with Crippen LogP contribution < -0.4 is 10.1 Å². The van der Waals surface area contributed by atoms with Gasteiger partial charge >= 0.3 is 5.97 Å². The summed E-state index contributed by atoms with van der Waals surface area (Å²) in [6, 6.07) is 4.17. The molecule has 0 spiro atoms. The van der Waals surface area contributed by atoms with Gasteiger partial charge < -0.3 is 14.6 Å². The largest absolute Gasteiger partial charge is 0.504 e. The molecule has 8 heteroatoms. The average molecular weight is 390 g/mol. The number of esters is 1. The van der Waals surface area contributed by atoms with E-state index in [4.69, 9.17) is 9.47 Å². The number of benzene rings is 1. The number of fused-ring (bicyclic) bond motifs is 1. The molecule has 3 rings (SSSR count). The number of nitrogens with one attached hydrogen (secondary N) is 1. The highest BCUT2D eigenvalue weighted by Crippen LogP contribution is 2.51. The van der Waals surface area contributed by atoms with Gasteiger partial charge in [-0.3, -0.25) is 24.6 Å². The number of likely N-dealkylation sites (tertiary alicyclic amines) is 1. The Morgan fingerprint density at radius 1 is 1.29 bits per heavy atom. The third-order valence-corrected chi connectivity index (χ3v) is 5.72.